The molecule has 0 bridgehead atoms. The van der Waals surface area contributed by atoms with E-state index >= 15 is 0 Å². The van der Waals surface area contributed by atoms with Gasteiger partial charge in [-0.3, -0.25) is 4.79 Å². The van der Waals surface area contributed by atoms with Crippen molar-refractivity contribution in [3.63, 3.8) is 0 Å². The van der Waals surface area contributed by atoms with Gasteiger partial charge in [-0.15, -0.1) is 0 Å². The summed E-state index contributed by atoms with van der Waals surface area (Å²) >= 11 is 12.3. The third kappa shape index (κ3) is 4.70. The summed E-state index contributed by atoms with van der Waals surface area (Å²) in [4.78, 5) is 13.1. The summed E-state index contributed by atoms with van der Waals surface area (Å²) in [5, 5.41) is 3.95. The quantitative estimate of drug-likeness (QED) is 0.412. The Morgan fingerprint density at radius 2 is 1.67 bits per heavy atom. The minimum Gasteiger partial charge on any atom is -0.495 e. The van der Waals surface area contributed by atoms with Crippen LogP contribution in [0.4, 0.5) is 5.69 Å². The molecule has 0 atom stereocenters. The van der Waals surface area contributed by atoms with Crippen molar-refractivity contribution in [3.05, 3.63) is 94.0 Å². The molecule has 0 aliphatic carbocycles. The van der Waals surface area contributed by atoms with Crippen molar-refractivity contribution in [2.75, 3.05) is 12.4 Å². The second-order valence-electron chi connectivity index (χ2n) is 5.74. The highest BCUT2D eigenvalue weighted by atomic mass is 35.5. The van der Waals surface area contributed by atoms with E-state index in [1.54, 1.807) is 30.3 Å². The van der Waals surface area contributed by atoms with Gasteiger partial charge in [-0.2, -0.15) is 0 Å². The van der Waals surface area contributed by atoms with E-state index in [4.69, 9.17) is 27.9 Å². The van der Waals surface area contributed by atoms with E-state index in [1.165, 1.54) is 7.11 Å². The van der Waals surface area contributed by atoms with Gasteiger partial charge < -0.3 is 10.1 Å². The van der Waals surface area contributed by atoms with Crippen LogP contribution in [0.3, 0.4) is 0 Å². The molecule has 5 heteroatoms. The van der Waals surface area contributed by atoms with Crippen molar-refractivity contribution in [1.29, 1.82) is 0 Å². The van der Waals surface area contributed by atoms with Gasteiger partial charge in [0.2, 0.25) is 0 Å². The van der Waals surface area contributed by atoms with E-state index in [0.717, 1.165) is 11.1 Å². The molecule has 0 aliphatic rings. The summed E-state index contributed by atoms with van der Waals surface area (Å²) in [5.74, 6) is 0.236. The first-order valence-electron chi connectivity index (χ1n) is 8.25. The summed E-state index contributed by atoms with van der Waals surface area (Å²) in [7, 11) is 1.54. The number of halogens is 2. The average Bonchev–Trinajstić information content (AvgIpc) is 2.68. The van der Waals surface area contributed by atoms with Crippen LogP contribution in [0, 0.1) is 0 Å². The highest BCUT2D eigenvalue weighted by Crippen LogP contribution is 2.30. The lowest BCUT2D eigenvalue weighted by molar-refractivity contribution is -0.111. The molecule has 3 aromatic carbocycles. The predicted molar refractivity (Wildman–Crippen MR) is 112 cm³/mol. The number of anilines is 1. The van der Waals surface area contributed by atoms with Gasteiger partial charge in [-0.05, 0) is 41.5 Å². The maximum atomic E-state index is 13.1. The van der Waals surface area contributed by atoms with E-state index in [-0.39, 0.29) is 5.91 Å². The smallest absolute Gasteiger partial charge is 0.256 e. The zero-order valence-electron chi connectivity index (χ0n) is 14.6. The molecule has 3 rings (SSSR count). The van der Waals surface area contributed by atoms with Crippen LogP contribution in [-0.2, 0) is 4.79 Å². The van der Waals surface area contributed by atoms with Crippen LogP contribution >= 0.6 is 23.2 Å². The molecular weight excluding hydrogens is 381 g/mol. The van der Waals surface area contributed by atoms with Crippen molar-refractivity contribution in [2.45, 2.75) is 0 Å². The molecule has 0 radical (unpaired) electrons. The topological polar surface area (TPSA) is 38.3 Å². The van der Waals surface area contributed by atoms with Crippen molar-refractivity contribution in [1.82, 2.24) is 0 Å². The van der Waals surface area contributed by atoms with Gasteiger partial charge >= 0.3 is 0 Å². The fourth-order valence-electron chi connectivity index (χ4n) is 2.61. The number of rotatable bonds is 5. The molecule has 0 fully saturated rings. The first kappa shape index (κ1) is 19.0. The molecule has 0 spiro atoms. The highest BCUT2D eigenvalue weighted by molar-refractivity contribution is 6.34. The van der Waals surface area contributed by atoms with Crippen LogP contribution in [0.2, 0.25) is 10.0 Å². The maximum absolute atomic E-state index is 13.1. The van der Waals surface area contributed by atoms with Crippen LogP contribution < -0.4 is 10.1 Å². The molecule has 1 amide bonds. The van der Waals surface area contributed by atoms with Crippen molar-refractivity contribution >= 4 is 46.4 Å². The Hall–Kier alpha value is -2.75. The van der Waals surface area contributed by atoms with Crippen molar-refractivity contribution < 1.29 is 9.53 Å². The molecule has 0 heterocycles. The number of hydrogen-bond acceptors (Lipinski definition) is 2. The monoisotopic (exact) mass is 397 g/mol. The standard InChI is InChI=1S/C22H17Cl2NO2/c1-27-21-12-11-17(23)14-20(21)25-22(26)18(15-7-3-2-4-8-15)13-16-9-5-6-10-19(16)24/h2-14H,1H3,(H,25,26). The summed E-state index contributed by atoms with van der Waals surface area (Å²) in [6.45, 7) is 0. The Morgan fingerprint density at radius 1 is 0.963 bits per heavy atom. The first-order chi connectivity index (χ1) is 13.1. The van der Waals surface area contributed by atoms with Gasteiger partial charge in [-0.25, -0.2) is 0 Å². The molecule has 0 saturated carbocycles. The lowest BCUT2D eigenvalue weighted by Crippen LogP contribution is -2.14. The summed E-state index contributed by atoms with van der Waals surface area (Å²) < 4.78 is 5.31. The normalized spacial score (nSPS) is 11.1. The number of amides is 1. The van der Waals surface area contributed by atoms with Gasteiger partial charge in [0.1, 0.15) is 5.75 Å². The van der Waals surface area contributed by atoms with Crippen LogP contribution in [0.1, 0.15) is 11.1 Å². The minimum atomic E-state index is -0.290. The number of nitrogens with one attached hydrogen (secondary N) is 1. The third-order valence-electron chi connectivity index (χ3n) is 3.94. The van der Waals surface area contributed by atoms with Crippen LogP contribution in [0.15, 0.2) is 72.8 Å². The largest absolute Gasteiger partial charge is 0.495 e. The zero-order chi connectivity index (χ0) is 19.2. The molecular formula is C22H17Cl2NO2. The molecule has 3 aromatic rings. The summed E-state index contributed by atoms with van der Waals surface area (Å²) in [5.41, 5.74) is 2.50. The summed E-state index contributed by atoms with van der Waals surface area (Å²) in [6, 6.07) is 21.8. The molecule has 0 aliphatic heterocycles. The Kier molecular flexibility index (Phi) is 6.17. The zero-order valence-corrected chi connectivity index (χ0v) is 16.1. The Labute approximate surface area is 168 Å². The number of hydrogen-bond donors (Lipinski definition) is 1. The van der Waals surface area contributed by atoms with Gasteiger partial charge in [0.25, 0.3) is 5.91 Å². The maximum Gasteiger partial charge on any atom is 0.256 e. The Bertz CT molecular complexity index is 985. The van der Waals surface area contributed by atoms with E-state index in [0.29, 0.717) is 27.1 Å². The first-order valence-corrected chi connectivity index (χ1v) is 9.00. The van der Waals surface area contributed by atoms with Crippen LogP contribution in [-0.4, -0.2) is 13.0 Å². The SMILES string of the molecule is COc1ccc(Cl)cc1NC(=O)C(=Cc1ccccc1Cl)c1ccccc1. The number of carbonyl (C=O) groups is 1. The fourth-order valence-corrected chi connectivity index (χ4v) is 2.98. The van der Waals surface area contributed by atoms with Crippen LogP contribution in [0.5, 0.6) is 5.75 Å². The van der Waals surface area contributed by atoms with Gasteiger partial charge in [0.05, 0.1) is 12.8 Å². The van der Waals surface area contributed by atoms with E-state index in [9.17, 15) is 4.79 Å². The number of methoxy groups -OCH3 is 1. The number of benzene rings is 3. The Morgan fingerprint density at radius 3 is 2.37 bits per heavy atom. The predicted octanol–water partition coefficient (Wildman–Crippen LogP) is 6.18. The lowest BCUT2D eigenvalue weighted by Gasteiger charge is -2.13. The van der Waals surface area contributed by atoms with Gasteiger partial charge in [-0.1, -0.05) is 71.7 Å². The molecule has 0 aromatic heterocycles. The number of carbonyl (C=O) groups excluding carboxylic acids is 1. The lowest BCUT2D eigenvalue weighted by atomic mass is 10.0. The van der Waals surface area contributed by atoms with E-state index in [1.807, 2.05) is 48.5 Å². The fraction of sp³-hybridized carbons (Fsp3) is 0.0455. The average molecular weight is 398 g/mol. The van der Waals surface area contributed by atoms with E-state index in [2.05, 4.69) is 5.32 Å². The van der Waals surface area contributed by atoms with Gasteiger partial charge in [0.15, 0.2) is 0 Å². The molecule has 1 N–H and O–H groups in total. The number of ether oxygens (including phenoxy) is 1. The van der Waals surface area contributed by atoms with Gasteiger partial charge in [0, 0.05) is 15.6 Å². The van der Waals surface area contributed by atoms with Crippen molar-refractivity contribution in [3.8, 4) is 5.75 Å². The van der Waals surface area contributed by atoms with E-state index < -0.39 is 0 Å². The molecule has 136 valence electrons. The third-order valence-corrected chi connectivity index (χ3v) is 4.52. The second-order valence-corrected chi connectivity index (χ2v) is 6.59. The second kappa shape index (κ2) is 8.76. The minimum absolute atomic E-state index is 0.290. The molecule has 27 heavy (non-hydrogen) atoms. The molecule has 0 saturated heterocycles. The molecule has 3 nitrogen and oxygen atoms in total. The highest BCUT2D eigenvalue weighted by Gasteiger charge is 2.15. The molecule has 0 unspecified atom stereocenters. The Balaban J connectivity index is 2.02. The van der Waals surface area contributed by atoms with Crippen molar-refractivity contribution in [2.24, 2.45) is 0 Å². The van der Waals surface area contributed by atoms with Crippen LogP contribution in [0.25, 0.3) is 11.6 Å². The summed E-state index contributed by atoms with van der Waals surface area (Å²) in [6.07, 6.45) is 1.77.